The first-order chi connectivity index (χ1) is 11.3. The molecule has 1 N–H and O–H groups in total. The second-order valence-corrected chi connectivity index (χ2v) is 9.38. The number of aliphatic hydroxyl groups is 1. The molecule has 4 aliphatic rings. The normalized spacial score (nSPS) is 50.8. The van der Waals surface area contributed by atoms with E-state index >= 15 is 0 Å². The summed E-state index contributed by atoms with van der Waals surface area (Å²) in [5, 5.41) is 11.1. The van der Waals surface area contributed by atoms with Crippen molar-refractivity contribution in [2.45, 2.75) is 71.3 Å². The van der Waals surface area contributed by atoms with E-state index in [1.165, 1.54) is 5.57 Å². The highest BCUT2D eigenvalue weighted by Gasteiger charge is 2.63. The Bertz CT molecular complexity index is 653. The average molecular weight is 326 g/mol. The van der Waals surface area contributed by atoms with Crippen LogP contribution in [0.15, 0.2) is 11.1 Å². The Kier molecular flexibility index (Phi) is 3.56. The number of hydrogen-bond acceptors (Lipinski definition) is 2. The Balaban J connectivity index is 1.77. The van der Waals surface area contributed by atoms with Crippen LogP contribution in [0.3, 0.4) is 0 Å². The number of carbonyl (C=O) groups excluding carboxylic acids is 1. The fourth-order valence-electron chi connectivity index (χ4n) is 7.22. The number of allylic oxidation sites excluding steroid dienone is 2. The van der Waals surface area contributed by atoms with Crippen LogP contribution in [-0.2, 0) is 4.79 Å². The predicted octanol–water partition coefficient (Wildman–Crippen LogP) is 4.13. The summed E-state index contributed by atoms with van der Waals surface area (Å²) >= 11 is 0. The maximum absolute atomic E-state index is 11.9. The van der Waals surface area contributed by atoms with Crippen molar-refractivity contribution >= 4 is 5.78 Å². The standard InChI is InChI=1S/C22H30O2/c1-5-22(24)9-8-18-20-13(2)10-15-11-16(23)6-7-17(15)19(20)14(3)12-21(18,22)4/h1,13-14,18-20,24H,6-12H2,2-4H3/t13-,14?,18?,19?,20?,21?,22?/m1/s1. The lowest BCUT2D eigenvalue weighted by Gasteiger charge is -2.57. The highest BCUT2D eigenvalue weighted by molar-refractivity contribution is 5.82. The maximum atomic E-state index is 11.9. The summed E-state index contributed by atoms with van der Waals surface area (Å²) in [7, 11) is 0. The lowest BCUT2D eigenvalue weighted by molar-refractivity contribution is -0.120. The van der Waals surface area contributed by atoms with Gasteiger partial charge >= 0.3 is 0 Å². The number of fused-ring (bicyclic) bond motifs is 4. The predicted molar refractivity (Wildman–Crippen MR) is 95.0 cm³/mol. The monoisotopic (exact) mass is 326 g/mol. The minimum atomic E-state index is -0.937. The molecule has 24 heavy (non-hydrogen) atoms. The van der Waals surface area contributed by atoms with Crippen LogP contribution in [0.1, 0.15) is 65.7 Å². The Labute approximate surface area is 146 Å². The van der Waals surface area contributed by atoms with Gasteiger partial charge in [0.1, 0.15) is 11.4 Å². The molecule has 0 spiro atoms. The van der Waals surface area contributed by atoms with Gasteiger partial charge in [0.15, 0.2) is 0 Å². The first-order valence-corrected chi connectivity index (χ1v) is 9.73. The highest BCUT2D eigenvalue weighted by atomic mass is 16.3. The van der Waals surface area contributed by atoms with Crippen molar-refractivity contribution in [2.24, 2.45) is 35.0 Å². The van der Waals surface area contributed by atoms with Gasteiger partial charge in [-0.25, -0.2) is 0 Å². The second-order valence-electron chi connectivity index (χ2n) is 9.38. The average Bonchev–Trinajstić information content (AvgIpc) is 2.79. The second kappa shape index (κ2) is 5.21. The van der Waals surface area contributed by atoms with Crippen molar-refractivity contribution in [3.05, 3.63) is 11.1 Å². The molecule has 0 radical (unpaired) electrons. The van der Waals surface area contributed by atoms with Crippen LogP contribution < -0.4 is 0 Å². The summed E-state index contributed by atoms with van der Waals surface area (Å²) in [6.45, 7) is 6.97. The molecule has 4 rings (SSSR count). The van der Waals surface area contributed by atoms with Crippen molar-refractivity contribution in [3.8, 4) is 12.3 Å². The van der Waals surface area contributed by atoms with Crippen molar-refractivity contribution in [1.82, 2.24) is 0 Å². The zero-order valence-corrected chi connectivity index (χ0v) is 15.3. The quantitative estimate of drug-likeness (QED) is 0.537. The first kappa shape index (κ1) is 16.4. The molecule has 0 aromatic heterocycles. The van der Waals surface area contributed by atoms with Gasteiger partial charge in [-0.3, -0.25) is 4.79 Å². The van der Waals surface area contributed by atoms with Gasteiger partial charge < -0.3 is 5.11 Å². The number of Topliss-reactive ketones (excluding diaryl/α,β-unsaturated/α-hetero) is 1. The van der Waals surface area contributed by atoms with E-state index in [0.717, 1.165) is 38.5 Å². The van der Waals surface area contributed by atoms with Gasteiger partial charge in [0.2, 0.25) is 0 Å². The molecule has 7 atom stereocenters. The van der Waals surface area contributed by atoms with E-state index in [1.807, 2.05) is 0 Å². The third-order valence-corrected chi connectivity index (χ3v) is 8.22. The van der Waals surface area contributed by atoms with Crippen LogP contribution in [0.2, 0.25) is 0 Å². The molecule has 0 heterocycles. The summed E-state index contributed by atoms with van der Waals surface area (Å²) < 4.78 is 0. The number of terminal acetylenes is 1. The molecule has 4 aliphatic carbocycles. The van der Waals surface area contributed by atoms with Crippen LogP contribution in [0, 0.1) is 47.3 Å². The van der Waals surface area contributed by atoms with E-state index in [-0.39, 0.29) is 5.41 Å². The minimum Gasteiger partial charge on any atom is -0.377 e. The Morgan fingerprint density at radius 3 is 2.71 bits per heavy atom. The van der Waals surface area contributed by atoms with Crippen molar-refractivity contribution in [2.75, 3.05) is 0 Å². The van der Waals surface area contributed by atoms with Gasteiger partial charge in [-0.05, 0) is 61.7 Å². The number of ketones is 1. The summed E-state index contributed by atoms with van der Waals surface area (Å²) in [5.41, 5.74) is 1.98. The molecule has 2 saturated carbocycles. The van der Waals surface area contributed by atoms with Gasteiger partial charge in [0, 0.05) is 18.3 Å². The number of hydrogen-bond donors (Lipinski definition) is 1. The molecule has 2 fully saturated rings. The smallest absolute Gasteiger partial charge is 0.137 e. The Morgan fingerprint density at radius 1 is 1.25 bits per heavy atom. The molecule has 0 bridgehead atoms. The molecule has 130 valence electrons. The summed E-state index contributed by atoms with van der Waals surface area (Å²) in [4.78, 5) is 11.9. The van der Waals surface area contributed by atoms with Crippen LogP contribution in [0.4, 0.5) is 0 Å². The molecular formula is C22H30O2. The fourth-order valence-corrected chi connectivity index (χ4v) is 7.22. The van der Waals surface area contributed by atoms with Crippen LogP contribution in [0.25, 0.3) is 0 Å². The molecule has 6 unspecified atom stereocenters. The van der Waals surface area contributed by atoms with Gasteiger partial charge in [0.05, 0.1) is 0 Å². The lowest BCUT2D eigenvalue weighted by atomic mass is 9.47. The zero-order valence-electron chi connectivity index (χ0n) is 15.3. The minimum absolute atomic E-state index is 0.154. The summed E-state index contributed by atoms with van der Waals surface area (Å²) in [6.07, 6.45) is 12.1. The fraction of sp³-hybridized carbons (Fsp3) is 0.773. The van der Waals surface area contributed by atoms with Crippen LogP contribution in [-0.4, -0.2) is 16.5 Å². The Hall–Kier alpha value is -1.07. The molecule has 2 nitrogen and oxygen atoms in total. The SMILES string of the molecule is C#CC1(O)CCC2C3C(C4=C(CC(=O)CC4)C[C@H]3C)C(C)CC21C. The van der Waals surface area contributed by atoms with E-state index in [9.17, 15) is 9.90 Å². The topological polar surface area (TPSA) is 37.3 Å². The molecule has 0 aromatic carbocycles. The molecule has 2 heteroatoms. The van der Waals surface area contributed by atoms with Crippen LogP contribution >= 0.6 is 0 Å². The van der Waals surface area contributed by atoms with Crippen molar-refractivity contribution in [3.63, 3.8) is 0 Å². The molecule has 0 aromatic rings. The van der Waals surface area contributed by atoms with Crippen LogP contribution in [0.5, 0.6) is 0 Å². The maximum Gasteiger partial charge on any atom is 0.137 e. The van der Waals surface area contributed by atoms with E-state index in [1.54, 1.807) is 5.57 Å². The van der Waals surface area contributed by atoms with Crippen molar-refractivity contribution in [1.29, 1.82) is 0 Å². The first-order valence-electron chi connectivity index (χ1n) is 9.73. The Morgan fingerprint density at radius 2 is 2.00 bits per heavy atom. The zero-order chi connectivity index (χ0) is 17.3. The lowest BCUT2D eigenvalue weighted by Crippen LogP contribution is -2.55. The van der Waals surface area contributed by atoms with Gasteiger partial charge in [0.25, 0.3) is 0 Å². The van der Waals surface area contributed by atoms with E-state index in [0.29, 0.717) is 41.8 Å². The third kappa shape index (κ3) is 1.97. The summed E-state index contributed by atoms with van der Waals surface area (Å²) in [6, 6.07) is 0. The highest BCUT2D eigenvalue weighted by Crippen LogP contribution is 2.66. The molecule has 0 saturated heterocycles. The van der Waals surface area contributed by atoms with E-state index < -0.39 is 5.60 Å². The van der Waals surface area contributed by atoms with Gasteiger partial charge in [-0.1, -0.05) is 37.8 Å². The van der Waals surface area contributed by atoms with Gasteiger partial charge in [-0.15, -0.1) is 6.42 Å². The number of rotatable bonds is 0. The number of carbonyl (C=O) groups is 1. The molecule has 0 aliphatic heterocycles. The van der Waals surface area contributed by atoms with Gasteiger partial charge in [-0.2, -0.15) is 0 Å². The van der Waals surface area contributed by atoms with E-state index in [2.05, 4.69) is 26.7 Å². The third-order valence-electron chi connectivity index (χ3n) is 8.22. The summed E-state index contributed by atoms with van der Waals surface area (Å²) in [5.74, 6) is 6.07. The van der Waals surface area contributed by atoms with Crippen molar-refractivity contribution < 1.29 is 9.90 Å². The molecule has 0 amide bonds. The largest absolute Gasteiger partial charge is 0.377 e. The van der Waals surface area contributed by atoms with E-state index in [4.69, 9.17) is 6.42 Å². The molecular weight excluding hydrogens is 296 g/mol.